The van der Waals surface area contributed by atoms with Gasteiger partial charge in [-0.15, -0.1) is 0 Å². The third kappa shape index (κ3) is 5.97. The molecule has 2 rings (SSSR count). The summed E-state index contributed by atoms with van der Waals surface area (Å²) in [6, 6.07) is 12.7. The van der Waals surface area contributed by atoms with Gasteiger partial charge in [0.1, 0.15) is 17.5 Å². The molecule has 0 fully saturated rings. The van der Waals surface area contributed by atoms with Crippen molar-refractivity contribution in [3.8, 4) is 17.6 Å². The molecule has 2 aromatic rings. The Morgan fingerprint density at radius 1 is 1.18 bits per heavy atom. The van der Waals surface area contributed by atoms with E-state index in [4.69, 9.17) is 10.00 Å². The molecule has 9 heteroatoms. The van der Waals surface area contributed by atoms with E-state index < -0.39 is 22.0 Å². The molecule has 0 saturated heterocycles. The van der Waals surface area contributed by atoms with Crippen molar-refractivity contribution in [3.05, 3.63) is 54.1 Å². The van der Waals surface area contributed by atoms with Crippen LogP contribution in [0.4, 0.5) is 0 Å². The number of amides is 1. The predicted molar refractivity (Wildman–Crippen MR) is 102 cm³/mol. The third-order valence-corrected chi connectivity index (χ3v) is 5.38. The molecular formula is C19H21N3O5S. The van der Waals surface area contributed by atoms with Gasteiger partial charge in [-0.25, -0.2) is 8.42 Å². The summed E-state index contributed by atoms with van der Waals surface area (Å²) in [6.45, 7) is 0.117. The number of hydrogen-bond donors (Lipinski definition) is 3. The minimum absolute atomic E-state index is 0.00571. The molecule has 148 valence electrons. The molecule has 0 radical (unpaired) electrons. The zero-order chi connectivity index (χ0) is 20.6. The summed E-state index contributed by atoms with van der Waals surface area (Å²) in [6.07, 6.45) is 0.191. The van der Waals surface area contributed by atoms with Gasteiger partial charge in [0.25, 0.3) is 0 Å². The van der Waals surface area contributed by atoms with Gasteiger partial charge in [0.15, 0.2) is 0 Å². The second-order valence-corrected chi connectivity index (χ2v) is 7.63. The second-order valence-electron chi connectivity index (χ2n) is 5.92. The molecule has 0 bridgehead atoms. The van der Waals surface area contributed by atoms with Gasteiger partial charge >= 0.3 is 0 Å². The van der Waals surface area contributed by atoms with E-state index in [0.29, 0.717) is 11.3 Å². The average Bonchev–Trinajstić information content (AvgIpc) is 2.69. The highest BCUT2D eigenvalue weighted by atomic mass is 32.2. The van der Waals surface area contributed by atoms with Gasteiger partial charge in [-0.05, 0) is 48.4 Å². The van der Waals surface area contributed by atoms with Crippen LogP contribution in [0.2, 0.25) is 0 Å². The van der Waals surface area contributed by atoms with Gasteiger partial charge in [0.05, 0.1) is 24.5 Å². The number of rotatable bonds is 9. The highest BCUT2D eigenvalue weighted by Crippen LogP contribution is 2.17. The fourth-order valence-corrected chi connectivity index (χ4v) is 3.63. The van der Waals surface area contributed by atoms with E-state index in [2.05, 4.69) is 10.0 Å². The SMILES string of the molecule is COc1ccc(S(=O)(=O)NC(Cc2ccc(O)cc2)C(=O)NCCC#N)cc1. The fraction of sp³-hybridized carbons (Fsp3) is 0.263. The first-order valence-electron chi connectivity index (χ1n) is 8.44. The van der Waals surface area contributed by atoms with Crippen LogP contribution in [-0.4, -0.2) is 39.1 Å². The van der Waals surface area contributed by atoms with E-state index in [1.807, 2.05) is 6.07 Å². The van der Waals surface area contributed by atoms with E-state index in [9.17, 15) is 18.3 Å². The number of methoxy groups -OCH3 is 1. The number of carbonyl (C=O) groups is 1. The molecule has 0 aliphatic heterocycles. The maximum absolute atomic E-state index is 12.7. The summed E-state index contributed by atoms with van der Waals surface area (Å²) in [7, 11) is -2.50. The van der Waals surface area contributed by atoms with Crippen molar-refractivity contribution in [3.63, 3.8) is 0 Å². The molecule has 1 amide bonds. The number of carbonyl (C=O) groups excluding carboxylic acids is 1. The minimum Gasteiger partial charge on any atom is -0.508 e. The van der Waals surface area contributed by atoms with Gasteiger partial charge in [0.2, 0.25) is 15.9 Å². The highest BCUT2D eigenvalue weighted by molar-refractivity contribution is 7.89. The lowest BCUT2D eigenvalue weighted by Crippen LogP contribution is -2.48. The Balaban J connectivity index is 2.22. The quantitative estimate of drug-likeness (QED) is 0.542. The van der Waals surface area contributed by atoms with Crippen molar-refractivity contribution < 1.29 is 23.1 Å². The van der Waals surface area contributed by atoms with Gasteiger partial charge in [0, 0.05) is 6.54 Å². The summed E-state index contributed by atoms with van der Waals surface area (Å²) in [5, 5.41) is 20.5. The van der Waals surface area contributed by atoms with Crippen LogP contribution in [-0.2, 0) is 21.2 Å². The van der Waals surface area contributed by atoms with Gasteiger partial charge in [-0.3, -0.25) is 4.79 Å². The van der Waals surface area contributed by atoms with Crippen molar-refractivity contribution in [2.45, 2.75) is 23.8 Å². The summed E-state index contributed by atoms with van der Waals surface area (Å²) >= 11 is 0. The van der Waals surface area contributed by atoms with Crippen LogP contribution >= 0.6 is 0 Å². The molecule has 0 saturated carbocycles. The average molecular weight is 403 g/mol. The molecule has 0 spiro atoms. The first-order chi connectivity index (χ1) is 13.4. The Labute approximate surface area is 163 Å². The zero-order valence-corrected chi connectivity index (χ0v) is 16.1. The smallest absolute Gasteiger partial charge is 0.241 e. The first-order valence-corrected chi connectivity index (χ1v) is 9.93. The van der Waals surface area contributed by atoms with Crippen LogP contribution in [0.1, 0.15) is 12.0 Å². The Morgan fingerprint density at radius 3 is 2.39 bits per heavy atom. The van der Waals surface area contributed by atoms with Gasteiger partial charge < -0.3 is 15.2 Å². The van der Waals surface area contributed by atoms with Gasteiger partial charge in [-0.2, -0.15) is 9.98 Å². The van der Waals surface area contributed by atoms with Crippen molar-refractivity contribution in [2.75, 3.05) is 13.7 Å². The number of nitrogens with one attached hydrogen (secondary N) is 2. The Morgan fingerprint density at radius 2 is 1.82 bits per heavy atom. The van der Waals surface area contributed by atoms with E-state index in [0.717, 1.165) is 0 Å². The lowest BCUT2D eigenvalue weighted by molar-refractivity contribution is -0.122. The van der Waals surface area contributed by atoms with Gasteiger partial charge in [-0.1, -0.05) is 12.1 Å². The molecule has 0 heterocycles. The van der Waals surface area contributed by atoms with E-state index in [-0.39, 0.29) is 30.0 Å². The monoisotopic (exact) mass is 403 g/mol. The summed E-state index contributed by atoms with van der Waals surface area (Å²) in [5.41, 5.74) is 0.663. The van der Waals surface area contributed by atoms with Crippen molar-refractivity contribution in [2.24, 2.45) is 0 Å². The van der Waals surface area contributed by atoms with Crippen LogP contribution in [0.5, 0.6) is 11.5 Å². The molecule has 8 nitrogen and oxygen atoms in total. The van der Waals surface area contributed by atoms with Crippen molar-refractivity contribution in [1.82, 2.24) is 10.0 Å². The number of ether oxygens (including phenoxy) is 1. The lowest BCUT2D eigenvalue weighted by Gasteiger charge is -2.18. The number of benzene rings is 2. The summed E-state index contributed by atoms with van der Waals surface area (Å²) in [4.78, 5) is 12.5. The van der Waals surface area contributed by atoms with E-state index in [1.165, 1.54) is 43.5 Å². The van der Waals surface area contributed by atoms with E-state index in [1.54, 1.807) is 12.1 Å². The van der Waals surface area contributed by atoms with Crippen LogP contribution in [0.3, 0.4) is 0 Å². The highest BCUT2D eigenvalue weighted by Gasteiger charge is 2.26. The second kappa shape index (κ2) is 9.73. The molecule has 1 atom stereocenters. The van der Waals surface area contributed by atoms with Crippen LogP contribution in [0.25, 0.3) is 0 Å². The minimum atomic E-state index is -3.97. The molecule has 28 heavy (non-hydrogen) atoms. The molecule has 3 N–H and O–H groups in total. The Hall–Kier alpha value is -3.09. The number of hydrogen-bond acceptors (Lipinski definition) is 6. The van der Waals surface area contributed by atoms with Crippen molar-refractivity contribution in [1.29, 1.82) is 5.26 Å². The van der Waals surface area contributed by atoms with Crippen LogP contribution < -0.4 is 14.8 Å². The molecule has 0 aromatic heterocycles. The molecule has 2 aromatic carbocycles. The van der Waals surface area contributed by atoms with Crippen LogP contribution in [0, 0.1) is 11.3 Å². The summed E-state index contributed by atoms with van der Waals surface area (Å²) in [5.74, 6) is 0.0341. The normalized spacial score (nSPS) is 12.0. The number of phenolic OH excluding ortho intramolecular Hbond substituents is 1. The first kappa shape index (κ1) is 21.2. The Bertz CT molecular complexity index is 935. The largest absolute Gasteiger partial charge is 0.508 e. The zero-order valence-electron chi connectivity index (χ0n) is 15.3. The number of sulfonamides is 1. The molecule has 1 unspecified atom stereocenters. The van der Waals surface area contributed by atoms with E-state index >= 15 is 0 Å². The maximum atomic E-state index is 12.7. The molecular weight excluding hydrogens is 382 g/mol. The topological polar surface area (TPSA) is 129 Å². The third-order valence-electron chi connectivity index (χ3n) is 3.90. The van der Waals surface area contributed by atoms with Crippen molar-refractivity contribution >= 4 is 15.9 Å². The number of aromatic hydroxyl groups is 1. The predicted octanol–water partition coefficient (Wildman–Crippen LogP) is 1.32. The molecule has 0 aliphatic carbocycles. The number of phenols is 1. The van der Waals surface area contributed by atoms with Crippen LogP contribution in [0.15, 0.2) is 53.4 Å². The molecule has 0 aliphatic rings. The number of nitrogens with zero attached hydrogens (tertiary/aromatic N) is 1. The fourth-order valence-electron chi connectivity index (χ4n) is 2.43. The lowest BCUT2D eigenvalue weighted by atomic mass is 10.1. The Kier molecular flexibility index (Phi) is 7.37. The summed E-state index contributed by atoms with van der Waals surface area (Å²) < 4.78 is 32.8. The number of nitriles is 1. The maximum Gasteiger partial charge on any atom is 0.241 e. The standard InChI is InChI=1S/C19H21N3O5S/c1-27-16-7-9-17(10-8-16)28(25,26)22-18(19(24)21-12-2-11-20)13-14-3-5-15(23)6-4-14/h3-10,18,22-23H,2,12-13H2,1H3,(H,21,24).